The zero-order valence-electron chi connectivity index (χ0n) is 11.5. The molecule has 0 bridgehead atoms. The Labute approximate surface area is 103 Å². The Morgan fingerprint density at radius 2 is 1.71 bits per heavy atom. The lowest BCUT2D eigenvalue weighted by Crippen LogP contribution is -2.13. The van der Waals surface area contributed by atoms with Crippen LogP contribution in [0.25, 0.3) is 0 Å². The summed E-state index contributed by atoms with van der Waals surface area (Å²) in [5.74, 6) is 1.27. The van der Waals surface area contributed by atoms with E-state index in [0.29, 0.717) is 11.5 Å². The number of benzene rings is 1. The SMILES string of the molecule is COc1cc(C(C)(C)C)cc(C(C)O)c1OC. The minimum atomic E-state index is -0.582. The summed E-state index contributed by atoms with van der Waals surface area (Å²) in [6.07, 6.45) is -0.582. The van der Waals surface area contributed by atoms with Gasteiger partial charge in [0.1, 0.15) is 0 Å². The van der Waals surface area contributed by atoms with Crippen molar-refractivity contribution in [1.82, 2.24) is 0 Å². The number of ether oxygens (including phenoxy) is 2. The van der Waals surface area contributed by atoms with Crippen LogP contribution in [0.15, 0.2) is 12.1 Å². The van der Waals surface area contributed by atoms with Crippen molar-refractivity contribution in [1.29, 1.82) is 0 Å². The molecule has 0 aliphatic rings. The van der Waals surface area contributed by atoms with Crippen molar-refractivity contribution in [3.05, 3.63) is 23.3 Å². The van der Waals surface area contributed by atoms with E-state index in [9.17, 15) is 5.11 Å². The average Bonchev–Trinajstić information content (AvgIpc) is 2.25. The third kappa shape index (κ3) is 2.91. The monoisotopic (exact) mass is 238 g/mol. The highest BCUT2D eigenvalue weighted by Gasteiger charge is 2.21. The van der Waals surface area contributed by atoms with Crippen LogP contribution in [0.4, 0.5) is 0 Å². The minimum Gasteiger partial charge on any atom is -0.493 e. The molecule has 1 unspecified atom stereocenters. The number of aliphatic hydroxyl groups excluding tert-OH is 1. The number of hydrogen-bond donors (Lipinski definition) is 1. The molecule has 0 aromatic heterocycles. The number of aliphatic hydroxyl groups is 1. The fraction of sp³-hybridized carbons (Fsp3) is 0.571. The van der Waals surface area contributed by atoms with Crippen molar-refractivity contribution in [2.45, 2.75) is 39.2 Å². The Bertz CT molecular complexity index is 389. The van der Waals surface area contributed by atoms with Crippen molar-refractivity contribution < 1.29 is 14.6 Å². The highest BCUT2D eigenvalue weighted by atomic mass is 16.5. The number of methoxy groups -OCH3 is 2. The highest BCUT2D eigenvalue weighted by Crippen LogP contribution is 2.39. The molecule has 0 fully saturated rings. The maximum absolute atomic E-state index is 9.81. The van der Waals surface area contributed by atoms with Crippen LogP contribution in [0.1, 0.15) is 44.9 Å². The van der Waals surface area contributed by atoms with Crippen LogP contribution in [-0.2, 0) is 5.41 Å². The van der Waals surface area contributed by atoms with Gasteiger partial charge in [-0.2, -0.15) is 0 Å². The topological polar surface area (TPSA) is 38.7 Å². The molecular weight excluding hydrogens is 216 g/mol. The molecular formula is C14H22O3. The van der Waals surface area contributed by atoms with Crippen LogP contribution < -0.4 is 9.47 Å². The average molecular weight is 238 g/mol. The molecule has 1 N–H and O–H groups in total. The lowest BCUT2D eigenvalue weighted by atomic mass is 9.85. The molecule has 0 aliphatic heterocycles. The highest BCUT2D eigenvalue weighted by molar-refractivity contribution is 5.51. The Morgan fingerprint density at radius 1 is 1.12 bits per heavy atom. The molecule has 1 rings (SSSR count). The van der Waals surface area contributed by atoms with Crippen molar-refractivity contribution in [3.8, 4) is 11.5 Å². The zero-order valence-corrected chi connectivity index (χ0v) is 11.5. The second kappa shape index (κ2) is 4.96. The fourth-order valence-corrected chi connectivity index (χ4v) is 1.74. The molecule has 0 amide bonds. The standard InChI is InChI=1S/C14H22O3/c1-9(15)11-7-10(14(2,3)4)8-12(16-5)13(11)17-6/h7-9,15H,1-6H3. The van der Waals surface area contributed by atoms with Gasteiger partial charge in [0.2, 0.25) is 0 Å². The van der Waals surface area contributed by atoms with E-state index < -0.39 is 6.10 Å². The molecule has 1 aromatic rings. The molecule has 96 valence electrons. The summed E-state index contributed by atoms with van der Waals surface area (Å²) < 4.78 is 10.6. The van der Waals surface area contributed by atoms with Crippen molar-refractivity contribution in [3.63, 3.8) is 0 Å². The summed E-state index contributed by atoms with van der Waals surface area (Å²) in [6.45, 7) is 8.10. The van der Waals surface area contributed by atoms with Gasteiger partial charge in [0, 0.05) is 5.56 Å². The maximum atomic E-state index is 9.81. The first kappa shape index (κ1) is 13.8. The molecule has 0 spiro atoms. The van der Waals surface area contributed by atoms with E-state index in [1.807, 2.05) is 12.1 Å². The van der Waals surface area contributed by atoms with Crippen molar-refractivity contribution >= 4 is 0 Å². The van der Waals surface area contributed by atoms with Gasteiger partial charge in [-0.1, -0.05) is 20.8 Å². The number of hydrogen-bond acceptors (Lipinski definition) is 3. The van der Waals surface area contributed by atoms with Gasteiger partial charge in [-0.3, -0.25) is 0 Å². The van der Waals surface area contributed by atoms with E-state index >= 15 is 0 Å². The van der Waals surface area contributed by atoms with Gasteiger partial charge < -0.3 is 14.6 Å². The van der Waals surface area contributed by atoms with E-state index in [0.717, 1.165) is 11.1 Å². The van der Waals surface area contributed by atoms with Gasteiger partial charge in [0.05, 0.1) is 20.3 Å². The van der Waals surface area contributed by atoms with Crippen LogP contribution >= 0.6 is 0 Å². The summed E-state index contributed by atoms with van der Waals surface area (Å²) in [7, 11) is 3.19. The lowest BCUT2D eigenvalue weighted by molar-refractivity contribution is 0.192. The first-order chi connectivity index (χ1) is 7.81. The predicted molar refractivity (Wildman–Crippen MR) is 68.9 cm³/mol. The van der Waals surface area contributed by atoms with Gasteiger partial charge in [0.25, 0.3) is 0 Å². The van der Waals surface area contributed by atoms with Crippen molar-refractivity contribution in [2.24, 2.45) is 0 Å². The Balaban J connectivity index is 3.46. The summed E-state index contributed by atoms with van der Waals surface area (Å²) in [5, 5.41) is 9.81. The Kier molecular flexibility index (Phi) is 4.04. The Morgan fingerprint density at radius 3 is 2.06 bits per heavy atom. The summed E-state index contributed by atoms with van der Waals surface area (Å²) in [5.41, 5.74) is 1.88. The van der Waals surface area contributed by atoms with E-state index in [-0.39, 0.29) is 5.41 Å². The first-order valence-electron chi connectivity index (χ1n) is 5.75. The lowest BCUT2D eigenvalue weighted by Gasteiger charge is -2.23. The molecule has 17 heavy (non-hydrogen) atoms. The molecule has 0 saturated carbocycles. The molecule has 1 aromatic carbocycles. The van der Waals surface area contributed by atoms with Crippen LogP contribution in [-0.4, -0.2) is 19.3 Å². The van der Waals surface area contributed by atoms with Crippen LogP contribution in [0.3, 0.4) is 0 Å². The van der Waals surface area contributed by atoms with Crippen LogP contribution in [0.2, 0.25) is 0 Å². The molecule has 0 heterocycles. The fourth-order valence-electron chi connectivity index (χ4n) is 1.74. The summed E-state index contributed by atoms with van der Waals surface area (Å²) in [6, 6.07) is 3.94. The van der Waals surface area contributed by atoms with Gasteiger partial charge in [-0.05, 0) is 30.0 Å². The number of rotatable bonds is 3. The van der Waals surface area contributed by atoms with Crippen molar-refractivity contribution in [2.75, 3.05) is 14.2 Å². The summed E-state index contributed by atoms with van der Waals surface area (Å²) in [4.78, 5) is 0. The van der Waals surface area contributed by atoms with E-state index in [1.165, 1.54) is 0 Å². The first-order valence-corrected chi connectivity index (χ1v) is 5.75. The van der Waals surface area contributed by atoms with E-state index in [2.05, 4.69) is 20.8 Å². The van der Waals surface area contributed by atoms with Gasteiger partial charge in [0.15, 0.2) is 11.5 Å². The molecule has 0 aliphatic carbocycles. The molecule has 3 nitrogen and oxygen atoms in total. The maximum Gasteiger partial charge on any atom is 0.166 e. The third-order valence-electron chi connectivity index (χ3n) is 2.82. The molecule has 3 heteroatoms. The van der Waals surface area contributed by atoms with Gasteiger partial charge in [-0.15, -0.1) is 0 Å². The summed E-state index contributed by atoms with van der Waals surface area (Å²) >= 11 is 0. The molecule has 1 atom stereocenters. The molecule has 0 radical (unpaired) electrons. The van der Waals surface area contributed by atoms with E-state index in [1.54, 1.807) is 21.1 Å². The van der Waals surface area contributed by atoms with E-state index in [4.69, 9.17) is 9.47 Å². The second-order valence-corrected chi connectivity index (χ2v) is 5.23. The molecule has 0 saturated heterocycles. The normalized spacial score (nSPS) is 13.4. The second-order valence-electron chi connectivity index (χ2n) is 5.23. The van der Waals surface area contributed by atoms with Gasteiger partial charge >= 0.3 is 0 Å². The Hall–Kier alpha value is -1.22. The smallest absolute Gasteiger partial charge is 0.166 e. The minimum absolute atomic E-state index is 0.00317. The third-order valence-corrected chi connectivity index (χ3v) is 2.82. The van der Waals surface area contributed by atoms with Gasteiger partial charge in [-0.25, -0.2) is 0 Å². The largest absolute Gasteiger partial charge is 0.493 e. The van der Waals surface area contributed by atoms with Crippen LogP contribution in [0.5, 0.6) is 11.5 Å². The quantitative estimate of drug-likeness (QED) is 0.879. The van der Waals surface area contributed by atoms with Crippen LogP contribution in [0, 0.1) is 0 Å². The predicted octanol–water partition coefficient (Wildman–Crippen LogP) is 3.05. The zero-order chi connectivity index (χ0) is 13.2.